The summed E-state index contributed by atoms with van der Waals surface area (Å²) >= 11 is 0.853. The number of halogens is 2. The van der Waals surface area contributed by atoms with E-state index in [-0.39, 0.29) is 5.17 Å². The zero-order valence-corrected chi connectivity index (χ0v) is 13.0. The summed E-state index contributed by atoms with van der Waals surface area (Å²) in [5.41, 5.74) is -1.77. The summed E-state index contributed by atoms with van der Waals surface area (Å²) in [5, 5.41) is 29.0. The van der Waals surface area contributed by atoms with E-state index in [2.05, 4.69) is 4.99 Å². The Labute approximate surface area is 130 Å². The van der Waals surface area contributed by atoms with Crippen LogP contribution in [0.1, 0.15) is 20.8 Å². The molecule has 2 heterocycles. The molecule has 0 aliphatic carbocycles. The number of amidine groups is 1. The summed E-state index contributed by atoms with van der Waals surface area (Å²) < 4.78 is 30.8. The van der Waals surface area contributed by atoms with Gasteiger partial charge in [-0.1, -0.05) is 11.8 Å². The van der Waals surface area contributed by atoms with Crippen LogP contribution in [-0.4, -0.2) is 73.2 Å². The van der Waals surface area contributed by atoms with E-state index in [4.69, 9.17) is 4.74 Å². The summed E-state index contributed by atoms with van der Waals surface area (Å²) in [4.78, 5) is 16.5. The number of fused-ring (bicyclic) bond motifs is 1. The van der Waals surface area contributed by atoms with Crippen LogP contribution in [0.2, 0.25) is 0 Å². The molecule has 22 heavy (non-hydrogen) atoms. The van der Waals surface area contributed by atoms with E-state index >= 15 is 0 Å². The third kappa shape index (κ3) is 3.05. The Morgan fingerprint density at radius 1 is 1.36 bits per heavy atom. The van der Waals surface area contributed by atoms with Crippen LogP contribution >= 0.6 is 11.8 Å². The predicted molar refractivity (Wildman–Crippen MR) is 75.1 cm³/mol. The van der Waals surface area contributed by atoms with Crippen molar-refractivity contribution in [3.63, 3.8) is 0 Å². The molecule has 0 radical (unpaired) electrons. The summed E-state index contributed by atoms with van der Waals surface area (Å²) in [6.45, 7) is 4.96. The van der Waals surface area contributed by atoms with Crippen molar-refractivity contribution in [2.75, 3.05) is 0 Å². The van der Waals surface area contributed by atoms with E-state index < -0.39 is 47.8 Å². The molecule has 1 fully saturated rings. The average molecular weight is 340 g/mol. The third-order valence-corrected chi connectivity index (χ3v) is 4.51. The fraction of sp³-hybridized carbons (Fsp3) is 0.833. The van der Waals surface area contributed by atoms with Gasteiger partial charge in [0.25, 0.3) is 6.43 Å². The number of alkyl halides is 2. The Hall–Kier alpha value is -0.970. The second-order valence-electron chi connectivity index (χ2n) is 6.09. The minimum Gasteiger partial charge on any atom is -0.465 e. The summed E-state index contributed by atoms with van der Waals surface area (Å²) in [6.07, 6.45) is -9.37. The van der Waals surface area contributed by atoms with Gasteiger partial charge in [-0.15, -0.1) is 0 Å². The Kier molecular flexibility index (Phi) is 4.67. The van der Waals surface area contributed by atoms with Crippen LogP contribution in [0, 0.1) is 0 Å². The molecule has 126 valence electrons. The molecule has 0 aromatic heterocycles. The van der Waals surface area contributed by atoms with Crippen LogP contribution in [0.25, 0.3) is 0 Å². The van der Waals surface area contributed by atoms with E-state index in [0.717, 1.165) is 16.7 Å². The van der Waals surface area contributed by atoms with E-state index in [9.17, 15) is 28.9 Å². The number of carboxylic acid groups (broad SMARTS) is 1. The molecule has 2 rings (SSSR count). The smallest absolute Gasteiger partial charge is 0.413 e. The second kappa shape index (κ2) is 5.91. The van der Waals surface area contributed by atoms with Gasteiger partial charge in [0.1, 0.15) is 29.8 Å². The van der Waals surface area contributed by atoms with Crippen LogP contribution in [0.3, 0.4) is 0 Å². The van der Waals surface area contributed by atoms with Crippen molar-refractivity contribution < 1.29 is 33.6 Å². The highest BCUT2D eigenvalue weighted by molar-refractivity contribution is 8.14. The lowest BCUT2D eigenvalue weighted by Gasteiger charge is -2.37. The van der Waals surface area contributed by atoms with Gasteiger partial charge in [-0.05, 0) is 20.8 Å². The lowest BCUT2D eigenvalue weighted by molar-refractivity contribution is -0.193. The first kappa shape index (κ1) is 17.4. The first-order valence-corrected chi connectivity index (χ1v) is 7.49. The highest BCUT2D eigenvalue weighted by Gasteiger charge is 2.52. The number of rotatable bonds is 1. The molecule has 1 amide bonds. The second-order valence-corrected chi connectivity index (χ2v) is 7.16. The molecule has 3 N–H and O–H groups in total. The van der Waals surface area contributed by atoms with Crippen molar-refractivity contribution in [2.24, 2.45) is 4.99 Å². The number of ether oxygens (including phenoxy) is 1. The zero-order chi connectivity index (χ0) is 16.8. The standard InChI is InChI=1S/C12H18F2N2O5S/c1-12(2,3)16(11(19)20)10-15-4-5(17)6(18)7(8(13)14)21-9(4)22-10/h4-9,17-18H,1-3H3,(H,19,20)/t4-,5-,6+,7+,9-/m1/s1. The lowest BCUT2D eigenvalue weighted by Crippen LogP contribution is -2.56. The maximum Gasteiger partial charge on any atom is 0.413 e. The van der Waals surface area contributed by atoms with Crippen LogP contribution in [0.15, 0.2) is 4.99 Å². The predicted octanol–water partition coefficient (Wildman–Crippen LogP) is 0.948. The van der Waals surface area contributed by atoms with Gasteiger partial charge in [0.05, 0.1) is 0 Å². The van der Waals surface area contributed by atoms with Crippen LogP contribution < -0.4 is 0 Å². The topological polar surface area (TPSA) is 103 Å². The number of aliphatic hydroxyl groups is 2. The van der Waals surface area contributed by atoms with Crippen LogP contribution in [0.4, 0.5) is 13.6 Å². The number of hydrogen-bond donors (Lipinski definition) is 3. The Morgan fingerprint density at radius 3 is 2.41 bits per heavy atom. The van der Waals surface area contributed by atoms with Crippen LogP contribution in [-0.2, 0) is 4.74 Å². The number of carbonyl (C=O) groups is 1. The molecule has 0 bridgehead atoms. The Morgan fingerprint density at radius 2 is 1.95 bits per heavy atom. The Balaban J connectivity index is 2.26. The lowest BCUT2D eigenvalue weighted by atomic mass is 9.98. The third-order valence-electron chi connectivity index (χ3n) is 3.39. The van der Waals surface area contributed by atoms with E-state index in [1.807, 2.05) is 0 Å². The summed E-state index contributed by atoms with van der Waals surface area (Å²) in [5.74, 6) is 0. The summed E-state index contributed by atoms with van der Waals surface area (Å²) in [6, 6.07) is -0.991. The van der Waals surface area contributed by atoms with Gasteiger partial charge >= 0.3 is 6.09 Å². The molecule has 2 aliphatic rings. The van der Waals surface area contributed by atoms with E-state index in [1.165, 1.54) is 0 Å². The van der Waals surface area contributed by atoms with Gasteiger partial charge in [0.15, 0.2) is 5.17 Å². The molecular formula is C12H18F2N2O5S. The molecule has 0 saturated carbocycles. The van der Waals surface area contributed by atoms with Crippen molar-refractivity contribution >= 4 is 23.0 Å². The first-order chi connectivity index (χ1) is 10.0. The van der Waals surface area contributed by atoms with Crippen LogP contribution in [0.5, 0.6) is 0 Å². The van der Waals surface area contributed by atoms with Crippen molar-refractivity contribution in [1.82, 2.24) is 4.90 Å². The number of aliphatic hydroxyl groups excluding tert-OH is 2. The monoisotopic (exact) mass is 340 g/mol. The van der Waals surface area contributed by atoms with Gasteiger partial charge in [0.2, 0.25) is 0 Å². The molecule has 0 unspecified atom stereocenters. The van der Waals surface area contributed by atoms with Crippen molar-refractivity contribution in [2.45, 2.75) is 62.5 Å². The van der Waals surface area contributed by atoms with Gasteiger partial charge in [-0.3, -0.25) is 9.89 Å². The molecule has 0 spiro atoms. The van der Waals surface area contributed by atoms with Crippen molar-refractivity contribution in [3.8, 4) is 0 Å². The Bertz CT molecular complexity index is 485. The molecule has 2 aliphatic heterocycles. The minimum absolute atomic E-state index is 0.0520. The van der Waals surface area contributed by atoms with Crippen molar-refractivity contribution in [3.05, 3.63) is 0 Å². The van der Waals surface area contributed by atoms with Gasteiger partial charge in [0, 0.05) is 5.54 Å². The molecule has 5 atom stereocenters. The quantitative estimate of drug-likeness (QED) is 0.657. The average Bonchev–Trinajstić information content (AvgIpc) is 2.74. The number of amides is 1. The van der Waals surface area contributed by atoms with Gasteiger partial charge in [-0.25, -0.2) is 13.6 Å². The molecular weight excluding hydrogens is 322 g/mol. The molecule has 0 aromatic rings. The fourth-order valence-electron chi connectivity index (χ4n) is 2.34. The number of thioether (sulfide) groups is 1. The highest BCUT2D eigenvalue weighted by atomic mass is 32.2. The maximum absolute atomic E-state index is 12.8. The fourth-order valence-corrected chi connectivity index (χ4v) is 3.74. The molecule has 10 heteroatoms. The maximum atomic E-state index is 12.8. The first-order valence-electron chi connectivity index (χ1n) is 6.61. The number of aliphatic imine (C=N–C) groups is 1. The zero-order valence-electron chi connectivity index (χ0n) is 12.2. The molecule has 1 saturated heterocycles. The van der Waals surface area contributed by atoms with Gasteiger partial charge in [-0.2, -0.15) is 0 Å². The molecule has 7 nitrogen and oxygen atoms in total. The van der Waals surface area contributed by atoms with Crippen molar-refractivity contribution in [1.29, 1.82) is 0 Å². The SMILES string of the molecule is CC(C)(C)N(C(=O)O)C1=N[C@@H]2[C@@H](O)[C@H](O)[C@@H](C(F)F)O[C@@H]2S1. The van der Waals surface area contributed by atoms with E-state index in [0.29, 0.717) is 0 Å². The largest absolute Gasteiger partial charge is 0.465 e. The van der Waals surface area contributed by atoms with E-state index in [1.54, 1.807) is 20.8 Å². The normalized spacial score (nSPS) is 35.3. The number of hydrogen-bond acceptors (Lipinski definition) is 6. The summed E-state index contributed by atoms with van der Waals surface area (Å²) in [7, 11) is 0. The number of nitrogens with zero attached hydrogens (tertiary/aromatic N) is 2. The highest BCUT2D eigenvalue weighted by Crippen LogP contribution is 2.40. The van der Waals surface area contributed by atoms with Gasteiger partial charge < -0.3 is 20.1 Å². The minimum atomic E-state index is -2.96. The molecule has 0 aromatic carbocycles.